The fourth-order valence-corrected chi connectivity index (χ4v) is 3.40. The average Bonchev–Trinajstić information content (AvgIpc) is 3.53. The predicted molar refractivity (Wildman–Crippen MR) is 109 cm³/mol. The van der Waals surface area contributed by atoms with Gasteiger partial charge in [-0.25, -0.2) is 9.97 Å². The molecule has 1 aliphatic heterocycles. The molecule has 1 saturated heterocycles. The number of aromatic nitrogens is 7. The summed E-state index contributed by atoms with van der Waals surface area (Å²) in [5.74, 6) is 1.84. The molecule has 0 radical (unpaired) electrons. The number of rotatable bonds is 7. The number of amides is 1. The fraction of sp³-hybridized carbons (Fsp3) is 0.368. The van der Waals surface area contributed by atoms with Crippen molar-refractivity contribution in [3.8, 4) is 11.6 Å². The molecule has 160 valence electrons. The predicted octanol–water partition coefficient (Wildman–Crippen LogP) is 1.13. The highest BCUT2D eigenvalue weighted by Gasteiger charge is 2.15. The summed E-state index contributed by atoms with van der Waals surface area (Å²) in [4.78, 5) is 30.8. The Hall–Kier alpha value is -3.64. The van der Waals surface area contributed by atoms with Gasteiger partial charge in [-0.1, -0.05) is 5.16 Å². The minimum Gasteiger partial charge on any atom is -0.379 e. The van der Waals surface area contributed by atoms with E-state index in [0.717, 1.165) is 49.7 Å². The minimum absolute atomic E-state index is 0.146. The van der Waals surface area contributed by atoms with Crippen LogP contribution >= 0.6 is 0 Å². The van der Waals surface area contributed by atoms with Crippen LogP contribution in [-0.2, 0) is 22.5 Å². The quantitative estimate of drug-likeness (QED) is 0.397. The van der Waals surface area contributed by atoms with Gasteiger partial charge in [0.15, 0.2) is 5.82 Å². The normalized spacial score (nSPS) is 14.8. The maximum absolute atomic E-state index is 12.4. The van der Waals surface area contributed by atoms with Crippen LogP contribution in [0.3, 0.4) is 0 Å². The van der Waals surface area contributed by atoms with E-state index in [1.54, 1.807) is 0 Å². The van der Waals surface area contributed by atoms with Gasteiger partial charge in [-0.3, -0.25) is 14.8 Å². The van der Waals surface area contributed by atoms with Crippen molar-refractivity contribution in [3.05, 3.63) is 36.2 Å². The summed E-state index contributed by atoms with van der Waals surface area (Å²) in [7, 11) is 0. The highest BCUT2D eigenvalue weighted by Crippen LogP contribution is 2.19. The Bertz CT molecular complexity index is 1160. The smallest absolute Gasteiger partial charge is 0.239 e. The molecule has 1 aromatic carbocycles. The van der Waals surface area contributed by atoms with Crippen molar-refractivity contribution in [2.75, 3.05) is 31.6 Å². The summed E-state index contributed by atoms with van der Waals surface area (Å²) in [6.07, 6.45) is 1.89. The standard InChI is InChI=1S/C19H21N9O3/c29-16(3-4-17-25-19(27-31-17)18-20-11-21-26-18)22-12-1-2-13-14(9-12)24-15(23-13)10-28-5-7-30-8-6-28/h1-2,9,11H,3-8,10H2,(H,22,29)(H,23,24)(H,20,21,26). The lowest BCUT2D eigenvalue weighted by Gasteiger charge is -2.25. The van der Waals surface area contributed by atoms with E-state index >= 15 is 0 Å². The van der Waals surface area contributed by atoms with Gasteiger partial charge in [0, 0.05) is 31.6 Å². The molecule has 5 rings (SSSR count). The molecule has 12 heteroatoms. The monoisotopic (exact) mass is 423 g/mol. The largest absolute Gasteiger partial charge is 0.379 e. The Morgan fingerprint density at radius 2 is 2.13 bits per heavy atom. The summed E-state index contributed by atoms with van der Waals surface area (Å²) in [6, 6.07) is 5.62. The molecule has 0 atom stereocenters. The number of aromatic amines is 2. The van der Waals surface area contributed by atoms with E-state index < -0.39 is 0 Å². The number of nitrogens with one attached hydrogen (secondary N) is 3. The molecule has 4 aromatic rings. The van der Waals surface area contributed by atoms with Crippen molar-refractivity contribution < 1.29 is 14.1 Å². The van der Waals surface area contributed by atoms with Gasteiger partial charge in [-0.15, -0.1) is 0 Å². The highest BCUT2D eigenvalue weighted by molar-refractivity contribution is 5.93. The van der Waals surface area contributed by atoms with E-state index in [1.165, 1.54) is 6.33 Å². The molecule has 12 nitrogen and oxygen atoms in total. The zero-order valence-electron chi connectivity index (χ0n) is 16.7. The van der Waals surface area contributed by atoms with Gasteiger partial charge in [0.05, 0.1) is 30.8 Å². The van der Waals surface area contributed by atoms with E-state index in [-0.39, 0.29) is 12.3 Å². The fourth-order valence-electron chi connectivity index (χ4n) is 3.40. The molecule has 0 unspecified atom stereocenters. The number of H-pyrrole nitrogens is 2. The Kier molecular flexibility index (Phi) is 5.37. The van der Waals surface area contributed by atoms with E-state index in [4.69, 9.17) is 9.26 Å². The number of ether oxygens (including phenoxy) is 1. The SMILES string of the molecule is O=C(CCc1nc(-c2ncn[nH]2)no1)Nc1ccc2nc(CN3CCOCC3)[nH]c2c1. The Morgan fingerprint density at radius 1 is 1.23 bits per heavy atom. The zero-order chi connectivity index (χ0) is 21.0. The van der Waals surface area contributed by atoms with Crippen LogP contribution in [0.2, 0.25) is 0 Å². The first-order chi connectivity index (χ1) is 15.2. The summed E-state index contributed by atoms with van der Waals surface area (Å²) in [5.41, 5.74) is 2.45. The molecule has 0 saturated carbocycles. The van der Waals surface area contributed by atoms with E-state index in [2.05, 4.69) is 45.5 Å². The Morgan fingerprint density at radius 3 is 2.97 bits per heavy atom. The number of aryl methyl sites for hydroxylation is 1. The lowest BCUT2D eigenvalue weighted by atomic mass is 10.2. The third kappa shape index (κ3) is 4.59. The van der Waals surface area contributed by atoms with Crippen LogP contribution in [0.4, 0.5) is 5.69 Å². The number of imidazole rings is 1. The first kappa shape index (κ1) is 19.3. The molecule has 1 amide bonds. The van der Waals surface area contributed by atoms with Crippen LogP contribution in [0.1, 0.15) is 18.1 Å². The molecule has 1 aliphatic rings. The Labute approximate surface area is 176 Å². The summed E-state index contributed by atoms with van der Waals surface area (Å²) in [5, 5.41) is 13.1. The number of carbonyl (C=O) groups is 1. The number of nitrogens with zero attached hydrogens (tertiary/aromatic N) is 6. The first-order valence-electron chi connectivity index (χ1n) is 10.00. The van der Waals surface area contributed by atoms with Gasteiger partial charge in [0.2, 0.25) is 17.6 Å². The number of hydrogen-bond donors (Lipinski definition) is 3. The number of morpholine rings is 1. The molecule has 0 spiro atoms. The van der Waals surface area contributed by atoms with E-state index in [0.29, 0.717) is 29.6 Å². The van der Waals surface area contributed by atoms with Crippen molar-refractivity contribution in [1.29, 1.82) is 0 Å². The van der Waals surface area contributed by atoms with Crippen LogP contribution in [-0.4, -0.2) is 72.4 Å². The second-order valence-electron chi connectivity index (χ2n) is 7.20. The molecule has 0 aliphatic carbocycles. The molecular formula is C19H21N9O3. The van der Waals surface area contributed by atoms with Crippen LogP contribution in [0.5, 0.6) is 0 Å². The van der Waals surface area contributed by atoms with Crippen molar-refractivity contribution in [2.45, 2.75) is 19.4 Å². The van der Waals surface area contributed by atoms with Gasteiger partial charge < -0.3 is 19.6 Å². The van der Waals surface area contributed by atoms with Gasteiger partial charge in [0.25, 0.3) is 0 Å². The topological polar surface area (TPSA) is 151 Å². The van der Waals surface area contributed by atoms with Gasteiger partial charge in [0.1, 0.15) is 12.2 Å². The van der Waals surface area contributed by atoms with Crippen molar-refractivity contribution in [2.24, 2.45) is 0 Å². The van der Waals surface area contributed by atoms with E-state index in [1.807, 2.05) is 18.2 Å². The molecular weight excluding hydrogens is 402 g/mol. The van der Waals surface area contributed by atoms with Crippen LogP contribution in [0, 0.1) is 0 Å². The van der Waals surface area contributed by atoms with Crippen LogP contribution < -0.4 is 5.32 Å². The minimum atomic E-state index is -0.146. The van der Waals surface area contributed by atoms with Crippen LogP contribution in [0.15, 0.2) is 29.0 Å². The second kappa shape index (κ2) is 8.62. The summed E-state index contributed by atoms with van der Waals surface area (Å²) in [6.45, 7) is 4.05. The average molecular weight is 423 g/mol. The number of anilines is 1. The maximum atomic E-state index is 12.4. The molecule has 0 bridgehead atoms. The van der Waals surface area contributed by atoms with Crippen molar-refractivity contribution >= 4 is 22.6 Å². The van der Waals surface area contributed by atoms with Gasteiger partial charge in [-0.2, -0.15) is 10.1 Å². The summed E-state index contributed by atoms with van der Waals surface area (Å²) >= 11 is 0. The lowest BCUT2D eigenvalue weighted by molar-refractivity contribution is -0.116. The third-order valence-corrected chi connectivity index (χ3v) is 4.95. The summed E-state index contributed by atoms with van der Waals surface area (Å²) < 4.78 is 10.5. The van der Waals surface area contributed by atoms with Gasteiger partial charge in [-0.05, 0) is 18.2 Å². The maximum Gasteiger partial charge on any atom is 0.239 e. The van der Waals surface area contributed by atoms with Gasteiger partial charge >= 0.3 is 0 Å². The third-order valence-electron chi connectivity index (χ3n) is 4.95. The second-order valence-corrected chi connectivity index (χ2v) is 7.20. The Balaban J connectivity index is 1.17. The van der Waals surface area contributed by atoms with E-state index in [9.17, 15) is 4.79 Å². The van der Waals surface area contributed by atoms with Crippen LogP contribution in [0.25, 0.3) is 22.7 Å². The molecule has 3 N–H and O–H groups in total. The molecule has 1 fully saturated rings. The number of carbonyl (C=O) groups excluding carboxylic acids is 1. The van der Waals surface area contributed by atoms with Crippen molar-refractivity contribution in [1.82, 2.24) is 40.2 Å². The molecule has 4 heterocycles. The molecule has 31 heavy (non-hydrogen) atoms. The number of benzene rings is 1. The highest BCUT2D eigenvalue weighted by atomic mass is 16.5. The number of hydrogen-bond acceptors (Lipinski definition) is 9. The zero-order valence-corrected chi connectivity index (χ0v) is 16.7. The molecule has 3 aromatic heterocycles. The van der Waals surface area contributed by atoms with Crippen molar-refractivity contribution in [3.63, 3.8) is 0 Å². The lowest BCUT2D eigenvalue weighted by Crippen LogP contribution is -2.35. The number of fused-ring (bicyclic) bond motifs is 1. The first-order valence-corrected chi connectivity index (χ1v) is 10.00.